The molecule has 24 heavy (non-hydrogen) atoms. The predicted molar refractivity (Wildman–Crippen MR) is 71.4 cm³/mol. The predicted octanol–water partition coefficient (Wildman–Crippen LogP) is 0.242. The van der Waals surface area contributed by atoms with Crippen molar-refractivity contribution in [3.05, 3.63) is 0 Å². The van der Waals surface area contributed by atoms with Crippen LogP contribution in [0.5, 0.6) is 0 Å². The van der Waals surface area contributed by atoms with E-state index in [1.807, 2.05) is 0 Å². The number of carbonyl (C=O) groups is 3. The highest BCUT2D eigenvalue weighted by Gasteiger charge is 2.27. The molecule has 0 aromatic rings. The van der Waals surface area contributed by atoms with Crippen molar-refractivity contribution in [3.63, 3.8) is 0 Å². The van der Waals surface area contributed by atoms with E-state index in [1.54, 1.807) is 0 Å². The minimum Gasteiger partial charge on any atom is -0.438 e. The third kappa shape index (κ3) is 6.08. The Morgan fingerprint density at radius 2 is 1.54 bits per heavy atom. The van der Waals surface area contributed by atoms with Crippen LogP contribution in [0.1, 0.15) is 0 Å². The van der Waals surface area contributed by atoms with Gasteiger partial charge >= 0.3 is 18.5 Å². The van der Waals surface area contributed by atoms with Crippen LogP contribution in [0.2, 0.25) is 0 Å². The first-order valence-corrected chi connectivity index (χ1v) is 7.13. The Balaban J connectivity index is 1.66. The molecule has 0 aliphatic carbocycles. The summed E-state index contributed by atoms with van der Waals surface area (Å²) in [6, 6.07) is 0. The highest BCUT2D eigenvalue weighted by molar-refractivity contribution is 5.62. The second kappa shape index (κ2) is 9.13. The fraction of sp³-hybridized carbons (Fsp3) is 0.769. The Morgan fingerprint density at radius 3 is 1.92 bits per heavy atom. The van der Waals surface area contributed by atoms with Gasteiger partial charge in [-0.2, -0.15) is 0 Å². The first kappa shape index (κ1) is 18.1. The minimum absolute atomic E-state index is 0.00982. The van der Waals surface area contributed by atoms with Crippen molar-refractivity contribution < 1.29 is 52.3 Å². The van der Waals surface area contributed by atoms with Crippen LogP contribution in [0.25, 0.3) is 0 Å². The van der Waals surface area contributed by atoms with Gasteiger partial charge in [0.25, 0.3) is 0 Å². The molecule has 136 valence electrons. The van der Waals surface area contributed by atoms with Crippen LogP contribution in [-0.2, 0) is 37.9 Å². The van der Waals surface area contributed by atoms with E-state index < -0.39 is 36.8 Å². The first-order chi connectivity index (χ1) is 11.6. The summed E-state index contributed by atoms with van der Waals surface area (Å²) in [6.45, 7) is 0.353. The maximum Gasteiger partial charge on any atom is 0.508 e. The van der Waals surface area contributed by atoms with Gasteiger partial charge in [0.15, 0.2) is 18.3 Å². The van der Waals surface area contributed by atoms with E-state index in [9.17, 15) is 14.4 Å². The van der Waals surface area contributed by atoms with Crippen LogP contribution in [-0.4, -0.2) is 83.5 Å². The van der Waals surface area contributed by atoms with Crippen molar-refractivity contribution in [2.24, 2.45) is 0 Å². The third-order valence-electron chi connectivity index (χ3n) is 2.94. The zero-order valence-electron chi connectivity index (χ0n) is 13.0. The number of cyclic esters (lactones) is 4. The van der Waals surface area contributed by atoms with Gasteiger partial charge in [-0.25, -0.2) is 14.4 Å². The Kier molecular flexibility index (Phi) is 6.88. The number of ether oxygens (including phenoxy) is 8. The lowest BCUT2D eigenvalue weighted by molar-refractivity contribution is -0.0647. The summed E-state index contributed by atoms with van der Waals surface area (Å²) in [4.78, 5) is 32.8. The van der Waals surface area contributed by atoms with E-state index in [0.717, 1.165) is 0 Å². The van der Waals surface area contributed by atoms with Gasteiger partial charge in [0.05, 0.1) is 33.5 Å². The summed E-state index contributed by atoms with van der Waals surface area (Å²) in [7, 11) is 1.17. The second-order valence-electron chi connectivity index (χ2n) is 4.87. The highest BCUT2D eigenvalue weighted by Crippen LogP contribution is 2.09. The van der Waals surface area contributed by atoms with Gasteiger partial charge in [-0.15, -0.1) is 0 Å². The Morgan fingerprint density at radius 1 is 1.04 bits per heavy atom. The van der Waals surface area contributed by atoms with E-state index in [-0.39, 0.29) is 39.6 Å². The number of hydrogen-bond donors (Lipinski definition) is 0. The topological polar surface area (TPSA) is 125 Å². The van der Waals surface area contributed by atoms with Crippen LogP contribution in [0, 0.1) is 0 Å². The summed E-state index contributed by atoms with van der Waals surface area (Å²) < 4.78 is 38.9. The zero-order valence-corrected chi connectivity index (χ0v) is 13.0. The molecule has 0 aromatic heterocycles. The Labute approximate surface area is 136 Å². The van der Waals surface area contributed by atoms with Crippen molar-refractivity contribution >= 4 is 18.5 Å². The normalized spacial score (nSPS) is 23.7. The minimum atomic E-state index is -0.890. The standard InChI is InChI=1S/C13H18O11/c1-17-11(14)22-8(2-18-4-9-6-20-12(15)23-9)3-19-5-10-7-21-13(16)24-10/h8-10H,2-7H2,1H3. The quantitative estimate of drug-likeness (QED) is 0.419. The van der Waals surface area contributed by atoms with Crippen molar-refractivity contribution in [1.82, 2.24) is 0 Å². The van der Waals surface area contributed by atoms with E-state index in [1.165, 1.54) is 7.11 Å². The summed E-state index contributed by atoms with van der Waals surface area (Å²) in [5.74, 6) is 0. The molecular weight excluding hydrogens is 332 g/mol. The lowest BCUT2D eigenvalue weighted by atomic mass is 10.3. The Hall–Kier alpha value is -2.27. The molecule has 0 spiro atoms. The van der Waals surface area contributed by atoms with E-state index in [2.05, 4.69) is 14.2 Å². The Bertz CT molecular complexity index is 419. The molecule has 0 radical (unpaired) electrons. The lowest BCUT2D eigenvalue weighted by Crippen LogP contribution is -2.32. The van der Waals surface area contributed by atoms with Crippen LogP contribution < -0.4 is 0 Å². The molecule has 2 rings (SSSR count). The fourth-order valence-electron chi connectivity index (χ4n) is 1.86. The molecule has 11 heteroatoms. The molecule has 0 aromatic carbocycles. The summed E-state index contributed by atoms with van der Waals surface area (Å²) >= 11 is 0. The molecule has 2 aliphatic rings. The molecule has 0 amide bonds. The van der Waals surface area contributed by atoms with Crippen molar-refractivity contribution in [2.45, 2.75) is 18.3 Å². The number of hydrogen-bond acceptors (Lipinski definition) is 11. The van der Waals surface area contributed by atoms with Gasteiger partial charge in [-0.05, 0) is 0 Å². The van der Waals surface area contributed by atoms with Crippen molar-refractivity contribution in [1.29, 1.82) is 0 Å². The maximum atomic E-state index is 11.2. The van der Waals surface area contributed by atoms with Gasteiger partial charge in [0.1, 0.15) is 13.2 Å². The van der Waals surface area contributed by atoms with E-state index in [4.69, 9.17) is 23.7 Å². The van der Waals surface area contributed by atoms with E-state index >= 15 is 0 Å². The molecule has 2 aliphatic heterocycles. The summed E-state index contributed by atoms with van der Waals surface area (Å²) in [6.07, 6.45) is -4.16. The van der Waals surface area contributed by atoms with E-state index in [0.29, 0.717) is 0 Å². The number of methoxy groups -OCH3 is 1. The van der Waals surface area contributed by atoms with Gasteiger partial charge in [0.2, 0.25) is 0 Å². The molecule has 2 heterocycles. The molecule has 0 saturated carbocycles. The maximum absolute atomic E-state index is 11.2. The molecule has 0 N–H and O–H groups in total. The second-order valence-corrected chi connectivity index (χ2v) is 4.87. The highest BCUT2D eigenvalue weighted by atomic mass is 16.8. The summed E-state index contributed by atoms with van der Waals surface area (Å²) in [5.41, 5.74) is 0. The number of carbonyl (C=O) groups excluding carboxylic acids is 3. The average molecular weight is 350 g/mol. The fourth-order valence-corrected chi connectivity index (χ4v) is 1.86. The molecule has 2 saturated heterocycles. The molecule has 2 unspecified atom stereocenters. The smallest absolute Gasteiger partial charge is 0.438 e. The molecule has 0 bridgehead atoms. The van der Waals surface area contributed by atoms with Crippen LogP contribution in [0.4, 0.5) is 14.4 Å². The van der Waals surface area contributed by atoms with Crippen LogP contribution in [0.15, 0.2) is 0 Å². The molecule has 11 nitrogen and oxygen atoms in total. The summed E-state index contributed by atoms with van der Waals surface area (Å²) in [5, 5.41) is 0. The molecule has 2 fully saturated rings. The monoisotopic (exact) mass is 350 g/mol. The largest absolute Gasteiger partial charge is 0.508 e. The first-order valence-electron chi connectivity index (χ1n) is 7.13. The number of rotatable bonds is 9. The van der Waals surface area contributed by atoms with Gasteiger partial charge in [-0.3, -0.25) is 0 Å². The molecular formula is C13H18O11. The van der Waals surface area contributed by atoms with Crippen molar-refractivity contribution in [2.75, 3.05) is 46.8 Å². The van der Waals surface area contributed by atoms with Gasteiger partial charge in [-0.1, -0.05) is 0 Å². The van der Waals surface area contributed by atoms with Crippen molar-refractivity contribution in [3.8, 4) is 0 Å². The third-order valence-corrected chi connectivity index (χ3v) is 2.94. The van der Waals surface area contributed by atoms with Crippen LogP contribution in [0.3, 0.4) is 0 Å². The average Bonchev–Trinajstić information content (AvgIpc) is 3.15. The lowest BCUT2D eigenvalue weighted by Gasteiger charge is -2.18. The van der Waals surface area contributed by atoms with Gasteiger partial charge in [0, 0.05) is 0 Å². The zero-order chi connectivity index (χ0) is 17.4. The van der Waals surface area contributed by atoms with Crippen LogP contribution >= 0.6 is 0 Å². The van der Waals surface area contributed by atoms with Gasteiger partial charge < -0.3 is 37.9 Å². The SMILES string of the molecule is COC(=O)OC(COCC1COC(=O)O1)COCC1COC(=O)O1. The molecule has 2 atom stereocenters.